The lowest BCUT2D eigenvalue weighted by molar-refractivity contribution is -0.672. The average molecular weight is 533 g/mol. The van der Waals surface area contributed by atoms with Crippen LogP contribution in [0.1, 0.15) is 11.1 Å². The Labute approximate surface area is 170 Å². The molecule has 0 aliphatic carbocycles. The van der Waals surface area contributed by atoms with Gasteiger partial charge in [0.1, 0.15) is 7.05 Å². The van der Waals surface area contributed by atoms with Crippen LogP contribution in [0.4, 0.5) is 39.5 Å². The summed E-state index contributed by atoms with van der Waals surface area (Å²) in [7, 11) is -22.0. The van der Waals surface area contributed by atoms with E-state index < -0.39 is 50.0 Å². The zero-order valence-corrected chi connectivity index (χ0v) is 17.7. The normalized spacial score (nSPS) is 14.2. The van der Waals surface area contributed by atoms with E-state index in [-0.39, 0.29) is 0 Å². The SMILES string of the molecule is Cc1cc(C)c[n+](C)c1.O=S(=O)([C-](S(=O)(=O)C(F)(F)F)S(=O)(=O)C(F)(F)F)C(F)(F)F. The third-order valence-corrected chi connectivity index (χ3v) is 9.94. The third-order valence-electron chi connectivity index (χ3n) is 2.84. The highest BCUT2D eigenvalue weighted by atomic mass is 32.3. The van der Waals surface area contributed by atoms with Crippen molar-refractivity contribution >= 4 is 29.5 Å². The minimum absolute atomic E-state index is 1.32. The molecule has 0 aromatic carbocycles. The van der Waals surface area contributed by atoms with E-state index in [2.05, 4.69) is 36.9 Å². The maximum Gasteiger partial charge on any atom is 0.470 e. The zero-order valence-electron chi connectivity index (χ0n) is 15.3. The fraction of sp³-hybridized carbons (Fsp3) is 0.500. The lowest BCUT2D eigenvalue weighted by atomic mass is 10.2. The molecule has 7 nitrogen and oxygen atoms in total. The van der Waals surface area contributed by atoms with Crippen LogP contribution in [0, 0.1) is 17.8 Å². The van der Waals surface area contributed by atoms with Gasteiger partial charge < -0.3 is 0 Å². The summed E-state index contributed by atoms with van der Waals surface area (Å²) in [4.78, 5) is 0. The summed E-state index contributed by atoms with van der Waals surface area (Å²) in [6.45, 7) is 4.21. The second-order valence-corrected chi connectivity index (χ2v) is 12.1. The summed E-state index contributed by atoms with van der Waals surface area (Å²) in [5.41, 5.74) is -18.5. The van der Waals surface area contributed by atoms with Gasteiger partial charge in [0.25, 0.3) is 0 Å². The van der Waals surface area contributed by atoms with E-state index in [4.69, 9.17) is 0 Å². The van der Waals surface area contributed by atoms with Gasteiger partial charge in [-0.2, -0.15) is 39.5 Å². The minimum atomic E-state index is -8.02. The Morgan fingerprint density at radius 3 is 1.03 bits per heavy atom. The summed E-state index contributed by atoms with van der Waals surface area (Å²) in [5.74, 6) is 0. The molecule has 182 valence electrons. The molecule has 0 atom stereocenters. The van der Waals surface area contributed by atoms with E-state index in [0.29, 0.717) is 0 Å². The van der Waals surface area contributed by atoms with Crippen molar-refractivity contribution in [2.45, 2.75) is 30.4 Å². The molecular formula is C12H12F9NO6S3. The van der Waals surface area contributed by atoms with Gasteiger partial charge in [0.2, 0.25) is 0 Å². The molecule has 1 aromatic rings. The molecule has 0 aliphatic rings. The van der Waals surface area contributed by atoms with Crippen molar-refractivity contribution in [2.24, 2.45) is 7.05 Å². The highest BCUT2D eigenvalue weighted by Crippen LogP contribution is 2.47. The number of halogens is 9. The Morgan fingerprint density at radius 2 is 0.871 bits per heavy atom. The largest absolute Gasteiger partial charge is 0.470 e. The van der Waals surface area contributed by atoms with Gasteiger partial charge in [-0.15, -0.1) is 0 Å². The summed E-state index contributed by atoms with van der Waals surface area (Å²) in [6, 6.07) is 2.17. The lowest BCUT2D eigenvalue weighted by Crippen LogP contribution is -2.47. The molecule has 0 aliphatic heterocycles. The van der Waals surface area contributed by atoms with Gasteiger partial charge in [-0.25, -0.2) is 4.57 Å². The van der Waals surface area contributed by atoms with Crippen molar-refractivity contribution in [1.82, 2.24) is 0 Å². The smallest absolute Gasteiger partial charge is 0.251 e. The van der Waals surface area contributed by atoms with E-state index in [1.54, 1.807) is 0 Å². The van der Waals surface area contributed by atoms with Crippen molar-refractivity contribution < 1.29 is 69.3 Å². The molecule has 31 heavy (non-hydrogen) atoms. The quantitative estimate of drug-likeness (QED) is 0.336. The molecule has 0 fully saturated rings. The summed E-state index contributed by atoms with van der Waals surface area (Å²) < 4.78 is 169. The molecule has 1 heterocycles. The van der Waals surface area contributed by atoms with Crippen molar-refractivity contribution in [3.8, 4) is 0 Å². The highest BCUT2D eigenvalue weighted by molar-refractivity contribution is 8.29. The van der Waals surface area contributed by atoms with Crippen molar-refractivity contribution in [3.63, 3.8) is 0 Å². The third kappa shape index (κ3) is 6.43. The van der Waals surface area contributed by atoms with Crippen molar-refractivity contribution in [2.75, 3.05) is 0 Å². The van der Waals surface area contributed by atoms with Crippen molar-refractivity contribution in [3.05, 3.63) is 33.5 Å². The van der Waals surface area contributed by atoms with E-state index >= 15 is 0 Å². The second-order valence-electron chi connectivity index (χ2n) is 5.65. The topological polar surface area (TPSA) is 106 Å². The molecule has 1 aromatic heterocycles. The van der Waals surface area contributed by atoms with Crippen LogP contribution < -0.4 is 4.57 Å². The highest BCUT2D eigenvalue weighted by Gasteiger charge is 2.63. The van der Waals surface area contributed by atoms with Crippen LogP contribution in [-0.2, 0) is 36.6 Å². The maximum atomic E-state index is 12.0. The Bertz CT molecular complexity index is 963. The number of hydrogen-bond acceptors (Lipinski definition) is 6. The molecule has 0 unspecified atom stereocenters. The summed E-state index contributed by atoms with van der Waals surface area (Å²) >= 11 is 0. The molecule has 0 amide bonds. The molecule has 0 radical (unpaired) electrons. The minimum Gasteiger partial charge on any atom is -0.251 e. The monoisotopic (exact) mass is 533 g/mol. The first-order chi connectivity index (χ1) is 13.3. The van der Waals surface area contributed by atoms with Gasteiger partial charge in [-0.1, -0.05) is 0 Å². The predicted octanol–water partition coefficient (Wildman–Crippen LogP) is 2.37. The summed E-state index contributed by atoms with van der Waals surface area (Å²) in [5, 5.41) is 0. The van der Waals surface area contributed by atoms with Crippen LogP contribution in [0.2, 0.25) is 0 Å². The maximum absolute atomic E-state index is 12.0. The summed E-state index contributed by atoms with van der Waals surface area (Å²) in [6.07, 6.45) is 4.21. The van der Waals surface area contributed by atoms with Gasteiger partial charge >= 0.3 is 16.5 Å². The number of aryl methyl sites for hydroxylation is 3. The first kappa shape index (κ1) is 29.4. The molecule has 0 spiro atoms. The van der Waals surface area contributed by atoms with Gasteiger partial charge in [-0.05, 0) is 19.9 Å². The van der Waals surface area contributed by atoms with Crippen LogP contribution in [-0.4, -0.2) is 41.8 Å². The van der Waals surface area contributed by atoms with Crippen LogP contribution in [0.25, 0.3) is 0 Å². The number of sulfone groups is 3. The number of aromatic nitrogens is 1. The van der Waals surface area contributed by atoms with Crippen LogP contribution in [0.15, 0.2) is 18.5 Å². The molecule has 0 saturated heterocycles. The molecule has 19 heteroatoms. The van der Waals surface area contributed by atoms with E-state index in [1.165, 1.54) is 11.1 Å². The van der Waals surface area contributed by atoms with Crippen molar-refractivity contribution in [1.29, 1.82) is 0 Å². The number of rotatable bonds is 3. The fourth-order valence-corrected chi connectivity index (χ4v) is 7.56. The Hall–Kier alpha value is -1.63. The van der Waals surface area contributed by atoms with E-state index in [9.17, 15) is 64.8 Å². The first-order valence-corrected chi connectivity index (χ1v) is 11.5. The lowest BCUT2D eigenvalue weighted by Gasteiger charge is -2.31. The number of nitrogens with zero attached hydrogens (tertiary/aromatic N) is 1. The average Bonchev–Trinajstić information content (AvgIpc) is 2.41. The van der Waals surface area contributed by atoms with E-state index in [0.717, 1.165) is 0 Å². The molecule has 1 rings (SSSR count). The van der Waals surface area contributed by atoms with E-state index in [1.807, 2.05) is 7.05 Å². The number of pyridine rings is 1. The first-order valence-electron chi connectivity index (χ1n) is 7.04. The van der Waals surface area contributed by atoms with Gasteiger partial charge in [0, 0.05) is 11.1 Å². The van der Waals surface area contributed by atoms with Gasteiger partial charge in [-0.3, -0.25) is 25.3 Å². The molecule has 0 bridgehead atoms. The zero-order chi connectivity index (χ0) is 25.4. The van der Waals surface area contributed by atoms with Gasteiger partial charge in [0.05, 0.1) is 3.91 Å². The van der Waals surface area contributed by atoms with Crippen LogP contribution in [0.3, 0.4) is 0 Å². The molecule has 0 saturated carbocycles. The Kier molecular flexibility index (Phi) is 8.26. The molecular weight excluding hydrogens is 521 g/mol. The number of hydrogen-bond donors (Lipinski definition) is 0. The fourth-order valence-electron chi connectivity index (χ4n) is 1.83. The molecule has 0 N–H and O–H groups in total. The van der Waals surface area contributed by atoms with Crippen LogP contribution >= 0.6 is 0 Å². The standard InChI is InChI=1S/C8H12N.C4F9O6S3/c1-7-4-8(2)6-9(3)5-7;5-2(6,7)20(14,15)1(21(16,17)3(8,9)10)22(18,19)4(11,12)13/h4-6H,1-3H3;/q+1;-1. The Morgan fingerprint density at radius 1 is 0.645 bits per heavy atom. The number of alkyl halides is 9. The van der Waals surface area contributed by atoms with Gasteiger partial charge in [0.15, 0.2) is 41.9 Å². The Balaban J connectivity index is 0.000000823. The second kappa shape index (κ2) is 8.72. The van der Waals surface area contributed by atoms with Crippen LogP contribution in [0.5, 0.6) is 0 Å². The predicted molar refractivity (Wildman–Crippen MR) is 85.3 cm³/mol.